The molecule has 3 heterocycles. The molecule has 1 aliphatic heterocycles. The van der Waals surface area contributed by atoms with Crippen molar-refractivity contribution in [3.8, 4) is 22.5 Å². The van der Waals surface area contributed by atoms with Crippen LogP contribution in [0.25, 0.3) is 22.5 Å². The first-order chi connectivity index (χ1) is 12.3. The van der Waals surface area contributed by atoms with Crippen molar-refractivity contribution in [1.29, 1.82) is 0 Å². The molecule has 0 amide bonds. The minimum atomic E-state index is 0.428. The Hall–Kier alpha value is -2.99. The summed E-state index contributed by atoms with van der Waals surface area (Å²) in [6.45, 7) is 3.37. The molecular formula is C19H19N5O. The van der Waals surface area contributed by atoms with Gasteiger partial charge in [0.05, 0.1) is 25.1 Å². The van der Waals surface area contributed by atoms with Gasteiger partial charge in [-0.05, 0) is 24.3 Å². The third-order valence-electron chi connectivity index (χ3n) is 4.29. The van der Waals surface area contributed by atoms with Gasteiger partial charge in [0.1, 0.15) is 11.5 Å². The van der Waals surface area contributed by atoms with Crippen LogP contribution < -0.4 is 10.6 Å². The monoisotopic (exact) mass is 333 g/mol. The molecular weight excluding hydrogens is 314 g/mol. The lowest BCUT2D eigenvalue weighted by Gasteiger charge is -2.28. The lowest BCUT2D eigenvalue weighted by molar-refractivity contribution is 0.122. The Balaban J connectivity index is 1.65. The quantitative estimate of drug-likeness (QED) is 0.794. The maximum atomic E-state index is 6.07. The molecule has 3 aromatic rings. The third-order valence-corrected chi connectivity index (χ3v) is 4.29. The Morgan fingerprint density at radius 3 is 2.36 bits per heavy atom. The summed E-state index contributed by atoms with van der Waals surface area (Å²) < 4.78 is 5.40. The van der Waals surface area contributed by atoms with Gasteiger partial charge < -0.3 is 15.4 Å². The topological polar surface area (TPSA) is 77.2 Å². The van der Waals surface area contributed by atoms with Crippen LogP contribution in [0.2, 0.25) is 0 Å². The van der Waals surface area contributed by atoms with Gasteiger partial charge in [0.15, 0.2) is 0 Å². The predicted octanol–water partition coefficient (Wildman–Crippen LogP) is 2.62. The number of hydrogen-bond donors (Lipinski definition) is 1. The highest BCUT2D eigenvalue weighted by atomic mass is 16.5. The zero-order valence-electron chi connectivity index (χ0n) is 13.8. The number of benzene rings is 1. The number of rotatable bonds is 3. The van der Waals surface area contributed by atoms with Crippen LogP contribution in [0.3, 0.4) is 0 Å². The molecule has 25 heavy (non-hydrogen) atoms. The average Bonchev–Trinajstić information content (AvgIpc) is 2.70. The summed E-state index contributed by atoms with van der Waals surface area (Å²) in [6.07, 6.45) is 5.17. The summed E-state index contributed by atoms with van der Waals surface area (Å²) in [7, 11) is 0. The zero-order chi connectivity index (χ0) is 17.1. The van der Waals surface area contributed by atoms with Crippen LogP contribution in [0.15, 0.2) is 55.0 Å². The molecule has 2 N–H and O–H groups in total. The largest absolute Gasteiger partial charge is 0.382 e. The summed E-state index contributed by atoms with van der Waals surface area (Å²) in [5.41, 5.74) is 10.7. The second-order valence-electron chi connectivity index (χ2n) is 5.87. The minimum absolute atomic E-state index is 0.428. The van der Waals surface area contributed by atoms with E-state index in [1.165, 1.54) is 5.69 Å². The Kier molecular flexibility index (Phi) is 4.26. The molecule has 2 aromatic heterocycles. The van der Waals surface area contributed by atoms with Crippen LogP contribution >= 0.6 is 0 Å². The second kappa shape index (κ2) is 6.86. The van der Waals surface area contributed by atoms with E-state index in [1.54, 1.807) is 18.6 Å². The van der Waals surface area contributed by atoms with E-state index in [2.05, 4.69) is 27.0 Å². The van der Waals surface area contributed by atoms with E-state index in [1.807, 2.05) is 24.3 Å². The van der Waals surface area contributed by atoms with Gasteiger partial charge in [-0.3, -0.25) is 4.98 Å². The fourth-order valence-electron chi connectivity index (χ4n) is 2.92. The Labute approximate surface area is 146 Å². The van der Waals surface area contributed by atoms with E-state index in [9.17, 15) is 0 Å². The summed E-state index contributed by atoms with van der Waals surface area (Å²) in [4.78, 5) is 15.4. The van der Waals surface area contributed by atoms with Gasteiger partial charge in [0, 0.05) is 42.3 Å². The number of anilines is 2. The van der Waals surface area contributed by atoms with Gasteiger partial charge in [-0.1, -0.05) is 12.1 Å². The molecule has 6 heteroatoms. The summed E-state index contributed by atoms with van der Waals surface area (Å²) in [5, 5.41) is 0. The molecule has 0 unspecified atom stereocenters. The Bertz CT molecular complexity index is 845. The molecule has 0 aliphatic carbocycles. The summed E-state index contributed by atoms with van der Waals surface area (Å²) in [6, 6.07) is 12.1. The first-order valence-corrected chi connectivity index (χ1v) is 8.27. The normalized spacial score (nSPS) is 14.5. The molecule has 0 spiro atoms. The van der Waals surface area contributed by atoms with Crippen LogP contribution in [0.5, 0.6) is 0 Å². The number of nitrogen functional groups attached to an aromatic ring is 1. The highest BCUT2D eigenvalue weighted by Crippen LogP contribution is 2.27. The molecule has 0 radical (unpaired) electrons. The van der Waals surface area contributed by atoms with E-state index in [4.69, 9.17) is 15.5 Å². The maximum absolute atomic E-state index is 6.07. The molecule has 1 fully saturated rings. The average molecular weight is 333 g/mol. The van der Waals surface area contributed by atoms with Gasteiger partial charge in [0.25, 0.3) is 0 Å². The van der Waals surface area contributed by atoms with Crippen molar-refractivity contribution < 1.29 is 4.74 Å². The van der Waals surface area contributed by atoms with E-state index < -0.39 is 0 Å². The van der Waals surface area contributed by atoms with Crippen molar-refractivity contribution >= 4 is 11.5 Å². The van der Waals surface area contributed by atoms with Crippen LogP contribution in [0.1, 0.15) is 0 Å². The van der Waals surface area contributed by atoms with Crippen molar-refractivity contribution in [1.82, 2.24) is 15.0 Å². The molecule has 1 aliphatic rings. The van der Waals surface area contributed by atoms with Crippen molar-refractivity contribution in [3.05, 3.63) is 55.0 Å². The highest BCUT2D eigenvalue weighted by molar-refractivity contribution is 5.74. The van der Waals surface area contributed by atoms with Crippen LogP contribution in [0, 0.1) is 0 Å². The van der Waals surface area contributed by atoms with E-state index >= 15 is 0 Å². The van der Waals surface area contributed by atoms with Crippen LogP contribution in [-0.2, 0) is 4.74 Å². The molecule has 6 nitrogen and oxygen atoms in total. The van der Waals surface area contributed by atoms with Gasteiger partial charge in [0.2, 0.25) is 0 Å². The summed E-state index contributed by atoms with van der Waals surface area (Å²) >= 11 is 0. The van der Waals surface area contributed by atoms with Crippen molar-refractivity contribution in [2.45, 2.75) is 0 Å². The first kappa shape index (κ1) is 15.5. The molecule has 1 aromatic carbocycles. The Morgan fingerprint density at radius 2 is 1.64 bits per heavy atom. The molecule has 126 valence electrons. The lowest BCUT2D eigenvalue weighted by atomic mass is 10.1. The zero-order valence-corrected chi connectivity index (χ0v) is 13.8. The molecule has 1 saturated heterocycles. The molecule has 0 saturated carbocycles. The SMILES string of the molecule is Nc1ncc(-c2ccncc2)nc1-c1ccc(N2CCOCC2)cc1. The molecule has 0 atom stereocenters. The van der Waals surface area contributed by atoms with Gasteiger partial charge in [-0.25, -0.2) is 9.97 Å². The maximum Gasteiger partial charge on any atom is 0.150 e. The minimum Gasteiger partial charge on any atom is -0.382 e. The standard InChI is InChI=1S/C19H19N5O/c20-19-18(23-17(13-22-19)14-5-7-21-8-6-14)15-1-3-16(4-2-15)24-9-11-25-12-10-24/h1-8,13H,9-12H2,(H2,20,22). The third kappa shape index (κ3) is 3.29. The van der Waals surface area contributed by atoms with Crippen LogP contribution in [0.4, 0.5) is 11.5 Å². The Morgan fingerprint density at radius 1 is 0.920 bits per heavy atom. The number of nitrogens with two attached hydrogens (primary N) is 1. The summed E-state index contributed by atoms with van der Waals surface area (Å²) in [5.74, 6) is 0.428. The van der Waals surface area contributed by atoms with E-state index in [0.29, 0.717) is 11.5 Å². The molecule has 0 bridgehead atoms. The number of ether oxygens (including phenoxy) is 1. The van der Waals surface area contributed by atoms with Gasteiger partial charge in [-0.2, -0.15) is 0 Å². The van der Waals surface area contributed by atoms with Crippen molar-refractivity contribution in [3.63, 3.8) is 0 Å². The highest BCUT2D eigenvalue weighted by Gasteiger charge is 2.13. The number of morpholine rings is 1. The number of nitrogens with zero attached hydrogens (tertiary/aromatic N) is 4. The van der Waals surface area contributed by atoms with Gasteiger partial charge >= 0.3 is 0 Å². The first-order valence-electron chi connectivity index (χ1n) is 8.27. The van der Waals surface area contributed by atoms with Crippen LogP contribution in [-0.4, -0.2) is 41.3 Å². The second-order valence-corrected chi connectivity index (χ2v) is 5.87. The van der Waals surface area contributed by atoms with E-state index in [0.717, 1.165) is 43.1 Å². The van der Waals surface area contributed by atoms with Gasteiger partial charge in [-0.15, -0.1) is 0 Å². The smallest absolute Gasteiger partial charge is 0.150 e. The fraction of sp³-hybridized carbons (Fsp3) is 0.211. The number of aromatic nitrogens is 3. The predicted molar refractivity (Wildman–Crippen MR) is 98.1 cm³/mol. The lowest BCUT2D eigenvalue weighted by Crippen LogP contribution is -2.36. The number of pyridine rings is 1. The van der Waals surface area contributed by atoms with E-state index in [-0.39, 0.29) is 0 Å². The van der Waals surface area contributed by atoms with Crippen molar-refractivity contribution in [2.24, 2.45) is 0 Å². The molecule has 4 rings (SSSR count). The fourth-order valence-corrected chi connectivity index (χ4v) is 2.92. The number of hydrogen-bond acceptors (Lipinski definition) is 6. The van der Waals surface area contributed by atoms with Crippen molar-refractivity contribution in [2.75, 3.05) is 36.9 Å².